The van der Waals surface area contributed by atoms with Gasteiger partial charge in [-0.3, -0.25) is 0 Å². The van der Waals surface area contributed by atoms with E-state index in [1.165, 1.54) is 67.8 Å². The molecule has 7 rings (SSSR count). The zero-order valence-corrected chi connectivity index (χ0v) is 27.4. The molecular formula is C36H34Cl2SiTi-2. The average molecular weight is 614 g/mol. The van der Waals surface area contributed by atoms with Gasteiger partial charge in [0.2, 0.25) is 0 Å². The third-order valence-corrected chi connectivity index (χ3v) is 6.89. The van der Waals surface area contributed by atoms with Gasteiger partial charge < -0.3 is 24.8 Å². The van der Waals surface area contributed by atoms with Gasteiger partial charge in [-0.1, -0.05) is 90.8 Å². The summed E-state index contributed by atoms with van der Waals surface area (Å²) in [5.74, 6) is 0.834. The Kier molecular flexibility index (Phi) is 12.1. The fraction of sp³-hybridized carbons (Fsp3) is 0.167. The Morgan fingerprint density at radius 1 is 0.625 bits per heavy atom. The van der Waals surface area contributed by atoms with Gasteiger partial charge in [0.25, 0.3) is 0 Å². The van der Waals surface area contributed by atoms with Gasteiger partial charge in [-0.2, -0.15) is 12.1 Å². The molecule has 0 N–H and O–H groups in total. The van der Waals surface area contributed by atoms with Crippen LogP contribution in [0.4, 0.5) is 0 Å². The van der Waals surface area contributed by atoms with Crippen LogP contribution in [0.3, 0.4) is 0 Å². The third-order valence-electron chi connectivity index (χ3n) is 6.89. The van der Waals surface area contributed by atoms with Crippen molar-refractivity contribution in [3.63, 3.8) is 0 Å². The summed E-state index contributed by atoms with van der Waals surface area (Å²) in [7, 11) is 0. The molecule has 40 heavy (non-hydrogen) atoms. The fourth-order valence-electron chi connectivity index (χ4n) is 5.03. The second-order valence-electron chi connectivity index (χ2n) is 10.4. The zero-order valence-electron chi connectivity index (χ0n) is 23.3. The van der Waals surface area contributed by atoms with Crippen LogP contribution in [-0.2, 0) is 19.2 Å². The summed E-state index contributed by atoms with van der Waals surface area (Å²) in [6.45, 7) is 6.68. The van der Waals surface area contributed by atoms with Crippen molar-refractivity contribution in [2.45, 2.75) is 38.8 Å². The van der Waals surface area contributed by atoms with Crippen molar-refractivity contribution in [1.29, 1.82) is 0 Å². The molecule has 1 aliphatic rings. The minimum absolute atomic E-state index is 0. The topological polar surface area (TPSA) is 0 Å². The van der Waals surface area contributed by atoms with Crippen LogP contribution in [-0.4, -0.2) is 6.19 Å². The summed E-state index contributed by atoms with van der Waals surface area (Å²) in [6.07, 6.45) is 2.86. The molecule has 0 atom stereocenters. The Morgan fingerprint density at radius 2 is 1.07 bits per heavy atom. The first kappa shape index (κ1) is 32.1. The number of rotatable bonds is 3. The van der Waals surface area contributed by atoms with Crippen molar-refractivity contribution >= 4 is 27.7 Å². The summed E-state index contributed by atoms with van der Waals surface area (Å²) in [5, 5.41) is 5.48. The van der Waals surface area contributed by atoms with Crippen molar-refractivity contribution < 1.29 is 44.0 Å². The van der Waals surface area contributed by atoms with Gasteiger partial charge in [0.1, 0.15) is 0 Å². The first-order valence-corrected chi connectivity index (χ1v) is 18.3. The molecule has 4 heteroatoms. The molecule has 0 heterocycles. The third kappa shape index (κ3) is 8.09. The molecule has 1 aliphatic carbocycles. The Hall–Kier alpha value is -2.39. The van der Waals surface area contributed by atoms with Gasteiger partial charge in [0.15, 0.2) is 0 Å². The van der Waals surface area contributed by atoms with Crippen LogP contribution in [0, 0.1) is 6.92 Å². The molecule has 0 bridgehead atoms. The van der Waals surface area contributed by atoms with Gasteiger partial charge in [-0.05, 0) is 29.9 Å². The summed E-state index contributed by atoms with van der Waals surface area (Å²) in [6, 6.07) is 43.6. The second kappa shape index (κ2) is 15.0. The number of hydrogen-bond acceptors (Lipinski definition) is 0. The molecule has 0 unspecified atom stereocenters. The van der Waals surface area contributed by atoms with Crippen molar-refractivity contribution in [3.8, 4) is 22.3 Å². The first-order chi connectivity index (χ1) is 18.5. The predicted molar refractivity (Wildman–Crippen MR) is 164 cm³/mol. The van der Waals surface area contributed by atoms with Gasteiger partial charge in [0, 0.05) is 0 Å². The molecule has 0 amide bonds. The van der Waals surface area contributed by atoms with E-state index in [-0.39, 0.29) is 31.0 Å². The summed E-state index contributed by atoms with van der Waals surface area (Å²) >= 11 is 2.27. The van der Waals surface area contributed by atoms with Crippen LogP contribution in [0.25, 0.3) is 43.8 Å². The average Bonchev–Trinajstić information content (AvgIpc) is 3.56. The van der Waals surface area contributed by atoms with Gasteiger partial charge in [-0.25, -0.2) is 0 Å². The van der Waals surface area contributed by atoms with Crippen LogP contribution < -0.4 is 24.8 Å². The molecule has 1 saturated carbocycles. The second-order valence-corrected chi connectivity index (χ2v) is 17.1. The number of benzene rings is 4. The fourth-order valence-corrected chi connectivity index (χ4v) is 5.03. The largest absolute Gasteiger partial charge is 1.00 e. The molecule has 0 radical (unpaired) electrons. The normalized spacial score (nSPS) is 11.8. The minimum atomic E-state index is 0. The monoisotopic (exact) mass is 612 g/mol. The van der Waals surface area contributed by atoms with E-state index >= 15 is 0 Å². The Balaban J connectivity index is 0.000000188. The zero-order chi connectivity index (χ0) is 26.5. The summed E-state index contributed by atoms with van der Waals surface area (Å²) < 4.78 is 0. The van der Waals surface area contributed by atoms with E-state index in [1.807, 2.05) is 0 Å². The van der Waals surface area contributed by atoms with E-state index in [1.54, 1.807) is 0 Å². The van der Waals surface area contributed by atoms with Crippen molar-refractivity contribution in [2.24, 2.45) is 0 Å². The van der Waals surface area contributed by atoms with E-state index < -0.39 is 0 Å². The van der Waals surface area contributed by atoms with Gasteiger partial charge in [-0.15, -0.1) is 69.1 Å². The molecule has 202 valence electrons. The smallest absolute Gasteiger partial charge is 0.0279 e. The predicted octanol–water partition coefficient (Wildman–Crippen LogP) is 4.43. The number of halogens is 2. The number of hydrogen-bond donors (Lipinski definition) is 0. The molecule has 6 aromatic rings. The number of aryl methyl sites for hydroxylation is 1. The number of fused-ring (bicyclic) bond motifs is 2. The SMILES string of the molecule is C[Si](C)=[Ti+2].Cc1cc2c(-c3ccccc3)cccc2[cH-]1.[Cl-].[Cl-].c1ccc(-c2cccc3[cH-]c(C4CC4)cc23)cc1. The maximum atomic E-state index is 2.40. The van der Waals surface area contributed by atoms with Crippen LogP contribution in [0.2, 0.25) is 13.1 Å². The van der Waals surface area contributed by atoms with Crippen molar-refractivity contribution in [1.82, 2.24) is 0 Å². The molecule has 0 aliphatic heterocycles. The maximum Gasteiger partial charge on any atom is -0.0279 e. The quantitative estimate of drug-likeness (QED) is 0.205. The Labute approximate surface area is 263 Å². The maximum absolute atomic E-state index is 2.40. The van der Waals surface area contributed by atoms with E-state index in [9.17, 15) is 0 Å². The van der Waals surface area contributed by atoms with Crippen LogP contribution in [0.15, 0.2) is 121 Å². The van der Waals surface area contributed by atoms with Gasteiger partial charge in [0.05, 0.1) is 0 Å². The van der Waals surface area contributed by atoms with Gasteiger partial charge >= 0.3 is 38.5 Å². The Bertz CT molecular complexity index is 1660. The molecule has 0 spiro atoms. The van der Waals surface area contributed by atoms with Crippen molar-refractivity contribution in [2.75, 3.05) is 0 Å². The molecule has 1 fully saturated rings. The Morgan fingerprint density at radius 3 is 1.55 bits per heavy atom. The van der Waals surface area contributed by atoms with Crippen LogP contribution in [0.5, 0.6) is 0 Å². The standard InChI is InChI=1S/C18H15.C16H13.C2H6Si.2ClH.Ti/c1-2-5-14(6-3-1)17-8-4-7-15-11-16(12-18(15)17)13-9-10-13;1-12-10-14-8-5-9-15(16(14)11-12)13-6-3-2-4-7-13;1-3-2;;;/h1-8,11-13H,9-10H2;2-11H,1H3;1-2H3;2*1H;/q2*-1;;;;+2/p-2. The van der Waals surface area contributed by atoms with E-state index in [4.69, 9.17) is 0 Å². The van der Waals surface area contributed by atoms with E-state index in [2.05, 4.69) is 161 Å². The van der Waals surface area contributed by atoms with Crippen LogP contribution in [0.1, 0.15) is 29.9 Å². The molecule has 0 aromatic heterocycles. The summed E-state index contributed by atoms with van der Waals surface area (Å²) in [5.41, 5.74) is 8.16. The minimum Gasteiger partial charge on any atom is -1.00 e. The molecule has 0 saturated heterocycles. The molecule has 0 nitrogen and oxygen atoms in total. The summed E-state index contributed by atoms with van der Waals surface area (Å²) in [4.78, 5) is 0. The van der Waals surface area contributed by atoms with Crippen LogP contribution >= 0.6 is 0 Å². The van der Waals surface area contributed by atoms with E-state index in [0.717, 1.165) is 5.92 Å². The van der Waals surface area contributed by atoms with E-state index in [0.29, 0.717) is 0 Å². The first-order valence-electron chi connectivity index (χ1n) is 13.5. The molecule has 6 aromatic carbocycles. The van der Waals surface area contributed by atoms with Crippen molar-refractivity contribution in [3.05, 3.63) is 132 Å². The molecular weight excluding hydrogens is 579 g/mol.